The van der Waals surface area contributed by atoms with E-state index in [0.29, 0.717) is 22.2 Å². The highest BCUT2D eigenvalue weighted by atomic mass is 79.9. The fourth-order valence-corrected chi connectivity index (χ4v) is 1.81. The molecule has 0 aliphatic heterocycles. The highest BCUT2D eigenvalue weighted by Crippen LogP contribution is 2.24. The number of carboxylic acids is 1. The van der Waals surface area contributed by atoms with E-state index in [-0.39, 0.29) is 12.4 Å². The molecule has 0 aliphatic carbocycles. The molecule has 0 radical (unpaired) electrons. The number of anilines is 1. The predicted molar refractivity (Wildman–Crippen MR) is 68.6 cm³/mol. The quantitative estimate of drug-likeness (QED) is 0.819. The molecule has 0 aromatic heterocycles. The minimum Gasteiger partial charge on any atom is -0.478 e. The van der Waals surface area contributed by atoms with Crippen molar-refractivity contribution in [2.75, 3.05) is 11.9 Å². The lowest BCUT2D eigenvalue weighted by Gasteiger charge is -2.07. The van der Waals surface area contributed by atoms with Crippen LogP contribution in [0.2, 0.25) is 0 Å². The summed E-state index contributed by atoms with van der Waals surface area (Å²) in [5, 5.41) is 11.6. The third kappa shape index (κ3) is 3.85. The summed E-state index contributed by atoms with van der Waals surface area (Å²) in [5.41, 5.74) is 0.648. The first-order chi connectivity index (χ1) is 8.06. The number of nitrogens with one attached hydrogen (secondary N) is 1. The lowest BCUT2D eigenvalue weighted by atomic mass is 10.2. The van der Waals surface area contributed by atoms with E-state index in [0.717, 1.165) is 0 Å². The van der Waals surface area contributed by atoms with Gasteiger partial charge in [0.1, 0.15) is 5.82 Å². The number of para-hydroxylation sites is 1. The van der Waals surface area contributed by atoms with Crippen molar-refractivity contribution >= 4 is 27.6 Å². The Hall–Kier alpha value is -1.36. The summed E-state index contributed by atoms with van der Waals surface area (Å²) < 4.78 is 14.0. The second kappa shape index (κ2) is 6.39. The lowest BCUT2D eigenvalue weighted by Crippen LogP contribution is -2.06. The molecule has 0 saturated carbocycles. The van der Waals surface area contributed by atoms with Gasteiger partial charge in [0.2, 0.25) is 0 Å². The number of hydrogen-bond donors (Lipinski definition) is 2. The summed E-state index contributed by atoms with van der Waals surface area (Å²) in [7, 11) is 0. The normalized spacial score (nSPS) is 11.4. The maximum Gasteiger partial charge on any atom is 0.331 e. The van der Waals surface area contributed by atoms with Gasteiger partial charge in [-0.05, 0) is 34.5 Å². The fraction of sp³-hybridized carbons (Fsp3) is 0.250. The summed E-state index contributed by atoms with van der Waals surface area (Å²) >= 11 is 3.22. The van der Waals surface area contributed by atoms with Crippen LogP contribution in [0, 0.1) is 5.82 Å². The van der Waals surface area contributed by atoms with Gasteiger partial charge in [0.15, 0.2) is 0 Å². The molecule has 0 spiro atoms. The molecule has 17 heavy (non-hydrogen) atoms. The van der Waals surface area contributed by atoms with Gasteiger partial charge in [-0.15, -0.1) is 0 Å². The van der Waals surface area contributed by atoms with Gasteiger partial charge in [-0.1, -0.05) is 19.1 Å². The van der Waals surface area contributed by atoms with Crippen LogP contribution in [0.1, 0.15) is 13.3 Å². The van der Waals surface area contributed by atoms with E-state index < -0.39 is 5.97 Å². The van der Waals surface area contributed by atoms with Gasteiger partial charge in [-0.3, -0.25) is 0 Å². The van der Waals surface area contributed by atoms with Crippen molar-refractivity contribution in [3.8, 4) is 0 Å². The third-order valence-electron chi connectivity index (χ3n) is 2.25. The molecule has 2 N–H and O–H groups in total. The van der Waals surface area contributed by atoms with Crippen molar-refractivity contribution in [1.29, 1.82) is 0 Å². The van der Waals surface area contributed by atoms with Crippen LogP contribution in [-0.4, -0.2) is 17.6 Å². The third-order valence-corrected chi connectivity index (χ3v) is 2.91. The number of benzene rings is 1. The zero-order valence-electron chi connectivity index (χ0n) is 9.34. The van der Waals surface area contributed by atoms with Crippen LogP contribution in [0.4, 0.5) is 10.1 Å². The van der Waals surface area contributed by atoms with Crippen LogP contribution in [0.15, 0.2) is 34.3 Å². The van der Waals surface area contributed by atoms with Crippen LogP contribution in [0.25, 0.3) is 0 Å². The molecular weight excluding hydrogens is 289 g/mol. The van der Waals surface area contributed by atoms with E-state index >= 15 is 0 Å². The number of carbonyl (C=O) groups is 1. The largest absolute Gasteiger partial charge is 0.478 e. The van der Waals surface area contributed by atoms with E-state index in [1.807, 2.05) is 0 Å². The summed E-state index contributed by atoms with van der Waals surface area (Å²) in [6.45, 7) is 2.04. The fourth-order valence-electron chi connectivity index (χ4n) is 1.33. The molecule has 0 atom stereocenters. The minimum absolute atomic E-state index is 0.273. The van der Waals surface area contributed by atoms with Crippen LogP contribution in [-0.2, 0) is 4.79 Å². The first-order valence-electron chi connectivity index (χ1n) is 5.16. The molecule has 1 aromatic rings. The molecular formula is C12H13BrFNO2. The average Bonchev–Trinajstić information content (AvgIpc) is 2.27. The number of hydrogen-bond acceptors (Lipinski definition) is 2. The Balaban J connectivity index is 2.71. The SMILES string of the molecule is CC/C(=C/CNc1c(F)cccc1Br)C(=O)O. The maximum atomic E-state index is 13.4. The van der Waals surface area contributed by atoms with Gasteiger partial charge in [0.05, 0.1) is 5.69 Å². The Morgan fingerprint density at radius 2 is 2.29 bits per heavy atom. The Morgan fingerprint density at radius 3 is 2.82 bits per heavy atom. The van der Waals surface area contributed by atoms with E-state index in [4.69, 9.17) is 5.11 Å². The van der Waals surface area contributed by atoms with Crippen molar-refractivity contribution < 1.29 is 14.3 Å². The number of carboxylic acid groups (broad SMARTS) is 1. The molecule has 0 aliphatic rings. The van der Waals surface area contributed by atoms with Crippen molar-refractivity contribution in [1.82, 2.24) is 0 Å². The number of halogens is 2. The Bertz CT molecular complexity index is 426. The monoisotopic (exact) mass is 301 g/mol. The first kappa shape index (κ1) is 13.7. The van der Waals surface area contributed by atoms with Crippen LogP contribution >= 0.6 is 15.9 Å². The topological polar surface area (TPSA) is 49.3 Å². The molecule has 0 saturated heterocycles. The molecule has 3 nitrogen and oxygen atoms in total. The van der Waals surface area contributed by atoms with Gasteiger partial charge in [0.25, 0.3) is 0 Å². The van der Waals surface area contributed by atoms with Crippen molar-refractivity contribution in [3.05, 3.63) is 40.1 Å². The molecule has 0 fully saturated rings. The Kier molecular flexibility index (Phi) is 5.15. The summed E-state index contributed by atoms with van der Waals surface area (Å²) in [6, 6.07) is 4.65. The lowest BCUT2D eigenvalue weighted by molar-refractivity contribution is -0.132. The van der Waals surface area contributed by atoms with Crippen molar-refractivity contribution in [2.45, 2.75) is 13.3 Å². The molecule has 0 unspecified atom stereocenters. The second-order valence-corrected chi connectivity index (χ2v) is 4.22. The van der Waals surface area contributed by atoms with E-state index in [9.17, 15) is 9.18 Å². The van der Waals surface area contributed by atoms with E-state index in [1.165, 1.54) is 6.07 Å². The standard InChI is InChI=1S/C12H13BrFNO2/c1-2-8(12(16)17)6-7-15-11-9(13)4-3-5-10(11)14/h3-6,15H,2,7H2,1H3,(H,16,17)/b8-6-. The zero-order chi connectivity index (χ0) is 12.8. The first-order valence-corrected chi connectivity index (χ1v) is 5.95. The van der Waals surface area contributed by atoms with E-state index in [2.05, 4.69) is 21.2 Å². The summed E-state index contributed by atoms with van der Waals surface area (Å²) in [6.07, 6.45) is 1.98. The van der Waals surface area contributed by atoms with Crippen LogP contribution in [0.5, 0.6) is 0 Å². The number of rotatable bonds is 5. The van der Waals surface area contributed by atoms with Gasteiger partial charge in [-0.25, -0.2) is 9.18 Å². The maximum absolute atomic E-state index is 13.4. The molecule has 1 rings (SSSR count). The molecule has 5 heteroatoms. The van der Waals surface area contributed by atoms with Gasteiger partial charge in [-0.2, -0.15) is 0 Å². The molecule has 0 bridgehead atoms. The average molecular weight is 302 g/mol. The number of aliphatic carboxylic acids is 1. The van der Waals surface area contributed by atoms with Crippen molar-refractivity contribution in [3.63, 3.8) is 0 Å². The Morgan fingerprint density at radius 1 is 1.59 bits per heavy atom. The van der Waals surface area contributed by atoms with E-state index in [1.54, 1.807) is 25.1 Å². The van der Waals surface area contributed by atoms with Crippen LogP contribution < -0.4 is 5.32 Å². The van der Waals surface area contributed by atoms with Crippen molar-refractivity contribution in [2.24, 2.45) is 0 Å². The second-order valence-electron chi connectivity index (χ2n) is 3.37. The zero-order valence-corrected chi connectivity index (χ0v) is 10.9. The highest BCUT2D eigenvalue weighted by molar-refractivity contribution is 9.10. The Labute approximate surface area is 107 Å². The molecule has 0 heterocycles. The minimum atomic E-state index is -0.943. The predicted octanol–water partition coefficient (Wildman–Crippen LogP) is 3.42. The molecule has 0 amide bonds. The highest BCUT2D eigenvalue weighted by Gasteiger charge is 2.06. The summed E-state index contributed by atoms with van der Waals surface area (Å²) in [5.74, 6) is -1.32. The summed E-state index contributed by atoms with van der Waals surface area (Å²) in [4.78, 5) is 10.7. The van der Waals surface area contributed by atoms with Gasteiger partial charge < -0.3 is 10.4 Å². The van der Waals surface area contributed by atoms with Gasteiger partial charge >= 0.3 is 5.97 Å². The smallest absolute Gasteiger partial charge is 0.331 e. The van der Waals surface area contributed by atoms with Crippen LogP contribution in [0.3, 0.4) is 0 Å². The van der Waals surface area contributed by atoms with Gasteiger partial charge in [0, 0.05) is 16.6 Å². The molecule has 1 aromatic carbocycles. The molecule has 92 valence electrons.